The number of nitrogens with one attached hydrogen (secondary N) is 1. The molecule has 4 heterocycles. The molecule has 5 rings (SSSR count). The van der Waals surface area contributed by atoms with Crippen molar-refractivity contribution in [1.82, 2.24) is 15.3 Å². The first-order valence-corrected chi connectivity index (χ1v) is 11.9. The average Bonchev–Trinajstić information content (AvgIpc) is 2.98. The van der Waals surface area contributed by atoms with Gasteiger partial charge in [-0.3, -0.25) is 19.6 Å². The van der Waals surface area contributed by atoms with Gasteiger partial charge in [0, 0.05) is 36.6 Å². The van der Waals surface area contributed by atoms with Gasteiger partial charge in [-0.05, 0) is 55.0 Å². The zero-order chi connectivity index (χ0) is 26.0. The van der Waals surface area contributed by atoms with Crippen molar-refractivity contribution in [3.63, 3.8) is 0 Å². The number of rotatable bonds is 4. The molecular formula is C28H26N4O5. The Labute approximate surface area is 214 Å². The molecule has 2 aliphatic heterocycles. The Hall–Kier alpha value is -4.26. The van der Waals surface area contributed by atoms with Gasteiger partial charge in [-0.25, -0.2) is 0 Å². The fourth-order valence-electron chi connectivity index (χ4n) is 4.08. The molecule has 0 aliphatic carbocycles. The number of anilines is 1. The third-order valence-electron chi connectivity index (χ3n) is 6.17. The zero-order valence-electron chi connectivity index (χ0n) is 20.5. The molecule has 9 heteroatoms. The van der Waals surface area contributed by atoms with Crippen LogP contribution in [-0.4, -0.2) is 65.4 Å². The molecule has 3 aromatic rings. The first kappa shape index (κ1) is 24.4. The summed E-state index contributed by atoms with van der Waals surface area (Å²) in [6.45, 7) is 2.25. The molecule has 2 N–H and O–H groups in total. The van der Waals surface area contributed by atoms with Gasteiger partial charge in [-0.1, -0.05) is 17.9 Å². The summed E-state index contributed by atoms with van der Waals surface area (Å²) in [6.07, 6.45) is 2.13. The first-order chi connectivity index (χ1) is 17.8. The van der Waals surface area contributed by atoms with Crippen molar-refractivity contribution in [2.45, 2.75) is 25.0 Å². The minimum absolute atomic E-state index is 0.0308. The Morgan fingerprint density at radius 3 is 2.84 bits per heavy atom. The summed E-state index contributed by atoms with van der Waals surface area (Å²) >= 11 is 0. The van der Waals surface area contributed by atoms with Crippen LogP contribution in [0.2, 0.25) is 0 Å². The predicted octanol–water partition coefficient (Wildman–Crippen LogP) is 1.64. The lowest BCUT2D eigenvalue weighted by Crippen LogP contribution is -2.49. The van der Waals surface area contributed by atoms with Crippen LogP contribution in [0, 0.1) is 18.8 Å². The normalized spacial score (nSPS) is 17.9. The van der Waals surface area contributed by atoms with Gasteiger partial charge in [-0.2, -0.15) is 0 Å². The molecule has 0 saturated carbocycles. The summed E-state index contributed by atoms with van der Waals surface area (Å²) in [5.74, 6) is 5.43. The highest BCUT2D eigenvalue weighted by atomic mass is 16.5. The van der Waals surface area contributed by atoms with Crippen LogP contribution in [0.1, 0.15) is 33.0 Å². The van der Waals surface area contributed by atoms with E-state index < -0.39 is 17.6 Å². The highest BCUT2D eigenvalue weighted by molar-refractivity contribution is 6.03. The lowest BCUT2D eigenvalue weighted by molar-refractivity contribution is -0.140. The highest BCUT2D eigenvalue weighted by Crippen LogP contribution is 2.31. The number of nitrogens with zero attached hydrogens (tertiary/aromatic N) is 3. The number of aromatic nitrogens is 2. The Bertz CT molecular complexity index is 1420. The van der Waals surface area contributed by atoms with Crippen molar-refractivity contribution in [3.8, 4) is 17.6 Å². The Balaban J connectivity index is 1.29. The molecule has 0 spiro atoms. The molecule has 188 valence electrons. The van der Waals surface area contributed by atoms with Crippen LogP contribution in [0.4, 0.5) is 5.69 Å². The van der Waals surface area contributed by atoms with E-state index in [1.54, 1.807) is 37.5 Å². The highest BCUT2D eigenvalue weighted by Gasteiger charge is 2.34. The third kappa shape index (κ3) is 5.45. The molecule has 0 radical (unpaired) electrons. The monoisotopic (exact) mass is 498 g/mol. The topological polar surface area (TPSA) is 114 Å². The second kappa shape index (κ2) is 10.0. The van der Waals surface area contributed by atoms with E-state index in [1.807, 2.05) is 31.2 Å². The minimum atomic E-state index is -1.14. The number of pyridine rings is 2. The maximum Gasteiger partial charge on any atom is 0.270 e. The summed E-state index contributed by atoms with van der Waals surface area (Å²) < 4.78 is 10.9. The van der Waals surface area contributed by atoms with Crippen LogP contribution in [0.3, 0.4) is 0 Å². The van der Waals surface area contributed by atoms with Crippen molar-refractivity contribution < 1.29 is 24.2 Å². The third-order valence-corrected chi connectivity index (χ3v) is 6.17. The molecule has 2 aliphatic rings. The van der Waals surface area contributed by atoms with E-state index in [2.05, 4.69) is 27.1 Å². The molecule has 0 unspecified atom stereocenters. The standard InChI is InChI=1S/C28H26N4O5/c1-18-4-3-5-21(30-18)12-20-9-11-29-22(13-20)26(33)31-23-15-37-25-7-6-19(8-10-28(35)16-36-17-28)14-24(25)32(2)27(23)34/h3-7,9,11,13-14,23,35H,12,15-17H2,1-2H3,(H,31,33)/t23-/m0/s1. The first-order valence-electron chi connectivity index (χ1n) is 11.9. The molecular weight excluding hydrogens is 472 g/mol. The van der Waals surface area contributed by atoms with Gasteiger partial charge in [0.2, 0.25) is 0 Å². The van der Waals surface area contributed by atoms with E-state index in [0.29, 0.717) is 23.4 Å². The number of likely N-dealkylation sites (N-methyl/N-ethyl adjacent to an activating group) is 1. The smallest absolute Gasteiger partial charge is 0.270 e. The van der Waals surface area contributed by atoms with Crippen molar-refractivity contribution in [3.05, 3.63) is 82.9 Å². The van der Waals surface area contributed by atoms with Gasteiger partial charge >= 0.3 is 0 Å². The van der Waals surface area contributed by atoms with E-state index in [0.717, 1.165) is 17.0 Å². The number of carbonyl (C=O) groups excluding carboxylic acids is 2. The van der Waals surface area contributed by atoms with E-state index in [4.69, 9.17) is 9.47 Å². The molecule has 1 aromatic carbocycles. The summed E-state index contributed by atoms with van der Waals surface area (Å²) in [6, 6.07) is 13.6. The number of hydrogen-bond donors (Lipinski definition) is 2. The van der Waals surface area contributed by atoms with E-state index in [-0.39, 0.29) is 31.4 Å². The lowest BCUT2D eigenvalue weighted by atomic mass is 10.0. The summed E-state index contributed by atoms with van der Waals surface area (Å²) in [5.41, 5.74) is 2.91. The van der Waals surface area contributed by atoms with Crippen molar-refractivity contribution in [1.29, 1.82) is 0 Å². The second-order valence-corrected chi connectivity index (χ2v) is 9.19. The van der Waals surface area contributed by atoms with Crippen molar-refractivity contribution >= 4 is 17.5 Å². The van der Waals surface area contributed by atoms with Crippen LogP contribution >= 0.6 is 0 Å². The van der Waals surface area contributed by atoms with Crippen LogP contribution in [-0.2, 0) is 16.0 Å². The van der Waals surface area contributed by atoms with Crippen molar-refractivity contribution in [2.75, 3.05) is 31.8 Å². The summed E-state index contributed by atoms with van der Waals surface area (Å²) in [7, 11) is 1.62. The maximum atomic E-state index is 13.2. The van der Waals surface area contributed by atoms with Crippen LogP contribution in [0.15, 0.2) is 54.7 Å². The molecule has 1 atom stereocenters. The average molecular weight is 499 g/mol. The van der Waals surface area contributed by atoms with E-state index in [9.17, 15) is 14.7 Å². The number of fused-ring (bicyclic) bond motifs is 1. The van der Waals surface area contributed by atoms with E-state index >= 15 is 0 Å². The Kier molecular flexibility index (Phi) is 6.61. The number of aryl methyl sites for hydroxylation is 1. The number of benzene rings is 1. The molecule has 1 fully saturated rings. The quantitative estimate of drug-likeness (QED) is 0.526. The van der Waals surface area contributed by atoms with Crippen LogP contribution in [0.25, 0.3) is 0 Å². The number of carbonyl (C=O) groups is 2. The minimum Gasteiger partial charge on any atom is -0.489 e. The summed E-state index contributed by atoms with van der Waals surface area (Å²) in [4.78, 5) is 36.4. The van der Waals surface area contributed by atoms with Gasteiger partial charge in [-0.15, -0.1) is 0 Å². The second-order valence-electron chi connectivity index (χ2n) is 9.19. The molecule has 2 amide bonds. The zero-order valence-corrected chi connectivity index (χ0v) is 20.5. The fourth-order valence-corrected chi connectivity index (χ4v) is 4.08. The van der Waals surface area contributed by atoms with Gasteiger partial charge < -0.3 is 24.8 Å². The lowest BCUT2D eigenvalue weighted by Gasteiger charge is -2.30. The van der Waals surface area contributed by atoms with Gasteiger partial charge in [0.1, 0.15) is 24.1 Å². The number of hydrogen-bond acceptors (Lipinski definition) is 7. The molecule has 37 heavy (non-hydrogen) atoms. The number of ether oxygens (including phenoxy) is 2. The Morgan fingerprint density at radius 2 is 2.08 bits per heavy atom. The summed E-state index contributed by atoms with van der Waals surface area (Å²) in [5, 5.41) is 12.9. The van der Waals surface area contributed by atoms with Crippen LogP contribution in [0.5, 0.6) is 5.75 Å². The molecule has 0 bridgehead atoms. The Morgan fingerprint density at radius 1 is 1.24 bits per heavy atom. The fraction of sp³-hybridized carbons (Fsp3) is 0.286. The van der Waals surface area contributed by atoms with Gasteiger partial charge in [0.25, 0.3) is 11.8 Å². The molecule has 9 nitrogen and oxygen atoms in total. The molecule has 2 aromatic heterocycles. The maximum absolute atomic E-state index is 13.2. The van der Waals surface area contributed by atoms with Crippen LogP contribution < -0.4 is 15.0 Å². The van der Waals surface area contributed by atoms with Gasteiger partial charge in [0.15, 0.2) is 5.60 Å². The predicted molar refractivity (Wildman–Crippen MR) is 135 cm³/mol. The van der Waals surface area contributed by atoms with Gasteiger partial charge in [0.05, 0.1) is 18.9 Å². The number of amides is 2. The number of aliphatic hydroxyl groups is 1. The molecule has 1 saturated heterocycles. The largest absolute Gasteiger partial charge is 0.489 e. The SMILES string of the molecule is Cc1cccc(Cc2ccnc(C(=O)N[C@H]3COc4ccc(C#CC5(O)COC5)cc4N(C)C3=O)c2)n1. The van der Waals surface area contributed by atoms with E-state index in [1.165, 1.54) is 4.90 Å². The van der Waals surface area contributed by atoms with Crippen molar-refractivity contribution in [2.24, 2.45) is 0 Å².